The Morgan fingerprint density at radius 3 is 2.91 bits per heavy atom. The summed E-state index contributed by atoms with van der Waals surface area (Å²) in [6, 6.07) is 4.12. The van der Waals surface area contributed by atoms with E-state index in [1.807, 2.05) is 13.1 Å². The van der Waals surface area contributed by atoms with Crippen molar-refractivity contribution in [2.45, 2.75) is 58.3 Å². The molecule has 0 radical (unpaired) electrons. The number of aryl methyl sites for hydroxylation is 2. The zero-order chi connectivity index (χ0) is 22.5. The molecule has 9 nitrogen and oxygen atoms in total. The lowest BCUT2D eigenvalue weighted by Gasteiger charge is -2.23. The standard InChI is InChI=1S/C23H33N5O4/c1-4-17-19(28-11-10-16(14-28)13-21(29)30-3)9-8-18(24-17)23-20(27(2)26-25-23)15-32-22-7-5-6-12-31-22/h8-9,16,22H,4-7,10-15H2,1-3H3/t16-,22?/m0/s1. The number of hydrogen-bond acceptors (Lipinski definition) is 8. The van der Waals surface area contributed by atoms with E-state index >= 15 is 0 Å². The van der Waals surface area contributed by atoms with Gasteiger partial charge in [-0.05, 0) is 50.2 Å². The van der Waals surface area contributed by atoms with Gasteiger partial charge in [-0.1, -0.05) is 12.1 Å². The number of carbonyl (C=O) groups excluding carboxylic acids is 1. The summed E-state index contributed by atoms with van der Waals surface area (Å²) in [5.41, 5.74) is 4.58. The van der Waals surface area contributed by atoms with Crippen molar-refractivity contribution >= 4 is 11.7 Å². The number of rotatable bonds is 8. The summed E-state index contributed by atoms with van der Waals surface area (Å²) in [6.07, 6.45) is 5.23. The lowest BCUT2D eigenvalue weighted by molar-refractivity contribution is -0.169. The van der Waals surface area contributed by atoms with E-state index in [4.69, 9.17) is 19.2 Å². The number of aromatic nitrogens is 4. The highest BCUT2D eigenvalue weighted by atomic mass is 16.7. The fourth-order valence-corrected chi connectivity index (χ4v) is 4.46. The first-order chi connectivity index (χ1) is 15.6. The molecule has 0 aromatic carbocycles. The molecular formula is C23H33N5O4. The third kappa shape index (κ3) is 5.10. The Morgan fingerprint density at radius 2 is 2.16 bits per heavy atom. The minimum Gasteiger partial charge on any atom is -0.469 e. The van der Waals surface area contributed by atoms with Crippen LogP contribution < -0.4 is 4.90 Å². The van der Waals surface area contributed by atoms with E-state index in [9.17, 15) is 4.79 Å². The van der Waals surface area contributed by atoms with Crippen LogP contribution in [-0.4, -0.2) is 59.0 Å². The van der Waals surface area contributed by atoms with Gasteiger partial charge in [0.05, 0.1) is 42.9 Å². The molecule has 2 aromatic rings. The number of pyridine rings is 1. The third-order valence-electron chi connectivity index (χ3n) is 6.32. The van der Waals surface area contributed by atoms with Crippen LogP contribution in [0.5, 0.6) is 0 Å². The van der Waals surface area contributed by atoms with Gasteiger partial charge in [-0.3, -0.25) is 4.79 Å². The van der Waals surface area contributed by atoms with Gasteiger partial charge in [-0.2, -0.15) is 0 Å². The first-order valence-electron chi connectivity index (χ1n) is 11.5. The van der Waals surface area contributed by atoms with Gasteiger partial charge >= 0.3 is 5.97 Å². The summed E-state index contributed by atoms with van der Waals surface area (Å²) in [4.78, 5) is 18.9. The van der Waals surface area contributed by atoms with Crippen LogP contribution in [0.1, 0.15) is 50.4 Å². The van der Waals surface area contributed by atoms with Crippen molar-refractivity contribution < 1.29 is 19.0 Å². The first kappa shape index (κ1) is 22.7. The Labute approximate surface area is 189 Å². The molecule has 4 heterocycles. The lowest BCUT2D eigenvalue weighted by Crippen LogP contribution is -2.23. The van der Waals surface area contributed by atoms with Crippen molar-refractivity contribution in [1.82, 2.24) is 20.0 Å². The van der Waals surface area contributed by atoms with Crippen LogP contribution in [-0.2, 0) is 39.1 Å². The molecule has 0 amide bonds. The largest absolute Gasteiger partial charge is 0.469 e. The molecule has 2 aromatic heterocycles. The monoisotopic (exact) mass is 443 g/mol. The van der Waals surface area contributed by atoms with E-state index in [1.165, 1.54) is 7.11 Å². The predicted molar refractivity (Wildman–Crippen MR) is 119 cm³/mol. The molecule has 9 heteroatoms. The van der Waals surface area contributed by atoms with Gasteiger partial charge in [0.1, 0.15) is 5.69 Å². The molecule has 174 valence electrons. The van der Waals surface area contributed by atoms with Crippen LogP contribution in [0.3, 0.4) is 0 Å². The Hall–Kier alpha value is -2.52. The second-order valence-corrected chi connectivity index (χ2v) is 8.51. The van der Waals surface area contributed by atoms with E-state index in [1.54, 1.807) is 4.68 Å². The fraction of sp³-hybridized carbons (Fsp3) is 0.652. The maximum Gasteiger partial charge on any atom is 0.305 e. The molecule has 1 unspecified atom stereocenters. The number of methoxy groups -OCH3 is 1. The Kier molecular flexibility index (Phi) is 7.36. The number of anilines is 1. The predicted octanol–water partition coefficient (Wildman–Crippen LogP) is 2.87. The summed E-state index contributed by atoms with van der Waals surface area (Å²) in [5, 5.41) is 8.58. The van der Waals surface area contributed by atoms with E-state index in [2.05, 4.69) is 28.2 Å². The maximum absolute atomic E-state index is 11.6. The van der Waals surface area contributed by atoms with Gasteiger partial charge in [0.2, 0.25) is 0 Å². The van der Waals surface area contributed by atoms with Crippen LogP contribution in [0.2, 0.25) is 0 Å². The summed E-state index contributed by atoms with van der Waals surface area (Å²) >= 11 is 0. The van der Waals surface area contributed by atoms with Gasteiger partial charge in [-0.15, -0.1) is 5.10 Å². The zero-order valence-corrected chi connectivity index (χ0v) is 19.2. The molecule has 2 aliphatic rings. The van der Waals surface area contributed by atoms with E-state index in [0.717, 1.165) is 80.3 Å². The molecule has 0 spiro atoms. The zero-order valence-electron chi connectivity index (χ0n) is 19.2. The van der Waals surface area contributed by atoms with Gasteiger partial charge in [-0.25, -0.2) is 9.67 Å². The minimum atomic E-state index is -0.166. The molecule has 2 fully saturated rings. The highest BCUT2D eigenvalue weighted by Crippen LogP contribution is 2.31. The van der Waals surface area contributed by atoms with E-state index in [-0.39, 0.29) is 12.3 Å². The van der Waals surface area contributed by atoms with E-state index < -0.39 is 0 Å². The molecule has 0 N–H and O–H groups in total. The van der Waals surface area contributed by atoms with Crippen molar-refractivity contribution in [3.63, 3.8) is 0 Å². The van der Waals surface area contributed by atoms with Crippen molar-refractivity contribution in [2.75, 3.05) is 31.7 Å². The average molecular weight is 444 g/mol. The summed E-state index contributed by atoms with van der Waals surface area (Å²) < 4.78 is 18.3. The molecule has 2 atom stereocenters. The minimum absolute atomic E-state index is 0.142. The van der Waals surface area contributed by atoms with Crippen molar-refractivity contribution in [1.29, 1.82) is 0 Å². The lowest BCUT2D eigenvalue weighted by atomic mass is 10.1. The summed E-state index contributed by atoms with van der Waals surface area (Å²) in [7, 11) is 3.32. The Bertz CT molecular complexity index is 925. The number of esters is 1. The number of hydrogen-bond donors (Lipinski definition) is 0. The molecule has 2 aliphatic heterocycles. The number of nitrogens with zero attached hydrogens (tertiary/aromatic N) is 5. The average Bonchev–Trinajstić information content (AvgIpc) is 3.44. The number of carbonyl (C=O) groups is 1. The topological polar surface area (TPSA) is 91.6 Å². The van der Waals surface area contributed by atoms with Gasteiger partial charge in [0.15, 0.2) is 6.29 Å². The maximum atomic E-state index is 11.6. The normalized spacial score (nSPS) is 21.2. The molecular weight excluding hydrogens is 410 g/mol. The molecule has 0 aliphatic carbocycles. The van der Waals surface area contributed by atoms with Crippen LogP contribution in [0, 0.1) is 5.92 Å². The Morgan fingerprint density at radius 1 is 1.28 bits per heavy atom. The number of ether oxygens (including phenoxy) is 3. The fourth-order valence-electron chi connectivity index (χ4n) is 4.46. The second-order valence-electron chi connectivity index (χ2n) is 8.51. The Balaban J connectivity index is 1.49. The quantitative estimate of drug-likeness (QED) is 0.575. The van der Waals surface area contributed by atoms with Crippen molar-refractivity contribution in [3.05, 3.63) is 23.5 Å². The smallest absolute Gasteiger partial charge is 0.305 e. The SMILES string of the molecule is CCc1nc(-c2nnn(C)c2COC2CCCCO2)ccc1N1CC[C@@H](CC(=O)OC)C1. The van der Waals surface area contributed by atoms with Crippen LogP contribution >= 0.6 is 0 Å². The van der Waals surface area contributed by atoms with Crippen molar-refractivity contribution in [3.8, 4) is 11.4 Å². The first-order valence-corrected chi connectivity index (χ1v) is 11.5. The van der Waals surface area contributed by atoms with Gasteiger partial charge in [0.25, 0.3) is 0 Å². The van der Waals surface area contributed by atoms with Crippen LogP contribution in [0.25, 0.3) is 11.4 Å². The highest BCUT2D eigenvalue weighted by Gasteiger charge is 2.27. The van der Waals surface area contributed by atoms with Crippen LogP contribution in [0.15, 0.2) is 12.1 Å². The molecule has 32 heavy (non-hydrogen) atoms. The van der Waals surface area contributed by atoms with Gasteiger partial charge < -0.3 is 19.1 Å². The van der Waals surface area contributed by atoms with Crippen LogP contribution in [0.4, 0.5) is 5.69 Å². The highest BCUT2D eigenvalue weighted by molar-refractivity contribution is 5.70. The second kappa shape index (κ2) is 10.4. The molecule has 0 saturated carbocycles. The summed E-state index contributed by atoms with van der Waals surface area (Å²) in [5.74, 6) is 0.176. The molecule has 4 rings (SSSR count). The van der Waals surface area contributed by atoms with Gasteiger partial charge in [0, 0.05) is 26.7 Å². The van der Waals surface area contributed by atoms with E-state index in [0.29, 0.717) is 18.9 Å². The summed E-state index contributed by atoms with van der Waals surface area (Å²) in [6.45, 7) is 5.01. The third-order valence-corrected chi connectivity index (χ3v) is 6.32. The van der Waals surface area contributed by atoms with Crippen molar-refractivity contribution in [2.24, 2.45) is 13.0 Å². The molecule has 0 bridgehead atoms. The molecule has 2 saturated heterocycles.